The molecule has 0 aromatic rings. The molecule has 1 aliphatic carbocycles. The van der Waals surface area contributed by atoms with Crippen LogP contribution in [0.25, 0.3) is 0 Å². The summed E-state index contributed by atoms with van der Waals surface area (Å²) in [5.74, 6) is 0. The lowest BCUT2D eigenvalue weighted by molar-refractivity contribution is -0.161. The smallest absolute Gasteiger partial charge is 0.0991 e. The van der Waals surface area contributed by atoms with E-state index in [0.29, 0.717) is 32.5 Å². The van der Waals surface area contributed by atoms with Gasteiger partial charge in [0.25, 0.3) is 0 Å². The maximum Gasteiger partial charge on any atom is 0.0991 e. The van der Waals surface area contributed by atoms with E-state index in [2.05, 4.69) is 33.0 Å². The summed E-state index contributed by atoms with van der Waals surface area (Å²) in [6.07, 6.45) is 2.43. The average Bonchev–Trinajstić information content (AvgIpc) is 2.40. The van der Waals surface area contributed by atoms with Crippen LogP contribution in [0.2, 0.25) is 0 Å². The van der Waals surface area contributed by atoms with Gasteiger partial charge in [-0.1, -0.05) is 6.92 Å². The molecule has 1 saturated carbocycles. The number of hydrogen-bond acceptors (Lipinski definition) is 5. The molecule has 1 aliphatic rings. The van der Waals surface area contributed by atoms with Gasteiger partial charge in [0.2, 0.25) is 0 Å². The van der Waals surface area contributed by atoms with Crippen LogP contribution in [0.4, 0.5) is 0 Å². The third kappa shape index (κ3) is 7.56. The van der Waals surface area contributed by atoms with Crippen LogP contribution in [0.3, 0.4) is 0 Å². The summed E-state index contributed by atoms with van der Waals surface area (Å²) in [6, 6.07) is 0.398. The number of nitrogens with one attached hydrogen (secondary N) is 1. The first-order chi connectivity index (χ1) is 9.98. The molecule has 0 saturated heterocycles. The van der Waals surface area contributed by atoms with Gasteiger partial charge in [0.1, 0.15) is 0 Å². The van der Waals surface area contributed by atoms with Crippen molar-refractivity contribution in [1.29, 1.82) is 0 Å². The van der Waals surface area contributed by atoms with E-state index in [1.165, 1.54) is 0 Å². The van der Waals surface area contributed by atoms with E-state index < -0.39 is 0 Å². The molecule has 5 heteroatoms. The Balaban J connectivity index is 2.24. The standard InChI is InChI=1S/C16H33NO4/c1-6-7-17-13-12-14(15(13)20-9-8-18-5)19-10-11-21-16(2,3)4/h13-15,17H,6-12H2,1-5H3. The molecule has 0 heterocycles. The van der Waals surface area contributed by atoms with Crippen LogP contribution in [0.15, 0.2) is 0 Å². The molecule has 0 bridgehead atoms. The van der Waals surface area contributed by atoms with Crippen molar-refractivity contribution in [1.82, 2.24) is 5.32 Å². The Kier molecular flexibility index (Phi) is 8.74. The second-order valence-electron chi connectivity index (χ2n) is 6.49. The molecule has 0 radical (unpaired) electrons. The Labute approximate surface area is 129 Å². The monoisotopic (exact) mass is 303 g/mol. The molecule has 3 atom stereocenters. The van der Waals surface area contributed by atoms with Crippen molar-refractivity contribution < 1.29 is 18.9 Å². The normalized spacial score (nSPS) is 25.9. The van der Waals surface area contributed by atoms with E-state index in [1.807, 2.05) is 0 Å². The van der Waals surface area contributed by atoms with E-state index in [-0.39, 0.29) is 17.8 Å². The first-order valence-corrected chi connectivity index (χ1v) is 8.07. The van der Waals surface area contributed by atoms with Crippen LogP contribution < -0.4 is 5.32 Å². The lowest BCUT2D eigenvalue weighted by atomic mass is 9.85. The third-order valence-electron chi connectivity index (χ3n) is 3.45. The summed E-state index contributed by atoms with van der Waals surface area (Å²) in [4.78, 5) is 0. The van der Waals surface area contributed by atoms with Crippen LogP contribution in [-0.4, -0.2) is 63.9 Å². The fourth-order valence-corrected chi connectivity index (χ4v) is 2.31. The van der Waals surface area contributed by atoms with Gasteiger partial charge in [0, 0.05) is 13.2 Å². The number of ether oxygens (including phenoxy) is 4. The highest BCUT2D eigenvalue weighted by Crippen LogP contribution is 2.27. The van der Waals surface area contributed by atoms with Crippen molar-refractivity contribution in [2.24, 2.45) is 0 Å². The molecule has 0 spiro atoms. The van der Waals surface area contributed by atoms with Crippen molar-refractivity contribution in [2.75, 3.05) is 40.1 Å². The minimum Gasteiger partial charge on any atom is -0.382 e. The van der Waals surface area contributed by atoms with Crippen LogP contribution in [0.1, 0.15) is 40.5 Å². The molecule has 0 aromatic heterocycles. The van der Waals surface area contributed by atoms with E-state index in [9.17, 15) is 0 Å². The Hall–Kier alpha value is -0.200. The van der Waals surface area contributed by atoms with Gasteiger partial charge in [0.15, 0.2) is 0 Å². The molecule has 1 rings (SSSR count). The first-order valence-electron chi connectivity index (χ1n) is 8.07. The molecule has 5 nitrogen and oxygen atoms in total. The number of methoxy groups -OCH3 is 1. The highest BCUT2D eigenvalue weighted by Gasteiger charge is 2.42. The zero-order valence-electron chi connectivity index (χ0n) is 14.3. The van der Waals surface area contributed by atoms with Gasteiger partial charge >= 0.3 is 0 Å². The van der Waals surface area contributed by atoms with Gasteiger partial charge in [0.05, 0.1) is 44.2 Å². The third-order valence-corrected chi connectivity index (χ3v) is 3.45. The van der Waals surface area contributed by atoms with Crippen LogP contribution >= 0.6 is 0 Å². The van der Waals surface area contributed by atoms with Crippen LogP contribution in [0, 0.1) is 0 Å². The predicted octanol–water partition coefficient (Wildman–Crippen LogP) is 1.99. The molecule has 0 amide bonds. The summed E-state index contributed by atoms with van der Waals surface area (Å²) in [6.45, 7) is 11.8. The van der Waals surface area contributed by atoms with E-state index in [1.54, 1.807) is 7.11 Å². The van der Waals surface area contributed by atoms with Crippen molar-refractivity contribution in [3.63, 3.8) is 0 Å². The molecule has 126 valence electrons. The van der Waals surface area contributed by atoms with Crippen molar-refractivity contribution in [2.45, 2.75) is 64.4 Å². The Bertz CT molecular complexity index is 267. The topological polar surface area (TPSA) is 49.0 Å². The summed E-state index contributed by atoms with van der Waals surface area (Å²) in [7, 11) is 1.69. The van der Waals surface area contributed by atoms with Gasteiger partial charge in [-0.25, -0.2) is 0 Å². The summed E-state index contributed by atoms with van der Waals surface area (Å²) >= 11 is 0. The molecule has 1 fully saturated rings. The maximum absolute atomic E-state index is 5.90. The SMILES string of the molecule is CCCNC1CC(OCCOC(C)(C)C)C1OCCOC. The Morgan fingerprint density at radius 2 is 1.76 bits per heavy atom. The van der Waals surface area contributed by atoms with Gasteiger partial charge in [-0.05, 0) is 40.2 Å². The Morgan fingerprint density at radius 1 is 1.05 bits per heavy atom. The molecule has 3 unspecified atom stereocenters. The molecule has 21 heavy (non-hydrogen) atoms. The number of hydrogen-bond donors (Lipinski definition) is 1. The highest BCUT2D eigenvalue weighted by atomic mass is 16.6. The zero-order valence-corrected chi connectivity index (χ0v) is 14.3. The average molecular weight is 303 g/mol. The minimum atomic E-state index is -0.109. The summed E-state index contributed by atoms with van der Waals surface area (Å²) < 4.78 is 22.5. The van der Waals surface area contributed by atoms with Gasteiger partial charge in [-0.15, -0.1) is 0 Å². The van der Waals surface area contributed by atoms with Gasteiger partial charge in [-0.3, -0.25) is 0 Å². The molecule has 1 N–H and O–H groups in total. The second-order valence-corrected chi connectivity index (χ2v) is 6.49. The van der Waals surface area contributed by atoms with E-state index >= 15 is 0 Å². The highest BCUT2D eigenvalue weighted by molar-refractivity contribution is 4.97. The Morgan fingerprint density at radius 3 is 2.38 bits per heavy atom. The van der Waals surface area contributed by atoms with Crippen molar-refractivity contribution in [3.05, 3.63) is 0 Å². The maximum atomic E-state index is 5.90. The summed E-state index contributed by atoms with van der Waals surface area (Å²) in [5, 5.41) is 3.51. The predicted molar refractivity (Wildman–Crippen MR) is 83.8 cm³/mol. The quantitative estimate of drug-likeness (QED) is 0.592. The largest absolute Gasteiger partial charge is 0.382 e. The number of rotatable bonds is 11. The fraction of sp³-hybridized carbons (Fsp3) is 1.00. The van der Waals surface area contributed by atoms with Crippen LogP contribution in [0.5, 0.6) is 0 Å². The first kappa shape index (κ1) is 18.8. The van der Waals surface area contributed by atoms with E-state index in [0.717, 1.165) is 19.4 Å². The van der Waals surface area contributed by atoms with E-state index in [4.69, 9.17) is 18.9 Å². The lowest BCUT2D eigenvalue weighted by Crippen LogP contribution is -2.60. The second kappa shape index (κ2) is 9.74. The zero-order chi connectivity index (χ0) is 15.7. The molecular weight excluding hydrogens is 270 g/mol. The van der Waals surface area contributed by atoms with Gasteiger partial charge in [-0.2, -0.15) is 0 Å². The fourth-order valence-electron chi connectivity index (χ4n) is 2.31. The van der Waals surface area contributed by atoms with Gasteiger partial charge < -0.3 is 24.3 Å². The molecule has 0 aliphatic heterocycles. The molecule has 0 aromatic carbocycles. The van der Waals surface area contributed by atoms with Crippen LogP contribution in [-0.2, 0) is 18.9 Å². The van der Waals surface area contributed by atoms with Crippen molar-refractivity contribution >= 4 is 0 Å². The molecular formula is C16H33NO4. The van der Waals surface area contributed by atoms with Crippen molar-refractivity contribution in [3.8, 4) is 0 Å². The lowest BCUT2D eigenvalue weighted by Gasteiger charge is -2.44. The minimum absolute atomic E-state index is 0.109. The summed E-state index contributed by atoms with van der Waals surface area (Å²) in [5.41, 5.74) is -0.109.